The third kappa shape index (κ3) is 3.19. The van der Waals surface area contributed by atoms with Crippen LogP contribution in [0.15, 0.2) is 16.6 Å². The lowest BCUT2D eigenvalue weighted by Gasteiger charge is -2.13. The van der Waals surface area contributed by atoms with Gasteiger partial charge in [-0.05, 0) is 25.0 Å². The molecule has 18 heavy (non-hydrogen) atoms. The molecule has 1 aromatic rings. The Kier molecular flexibility index (Phi) is 4.16. The number of nitrogens with one attached hydrogen (secondary N) is 2. The second kappa shape index (κ2) is 5.65. The highest BCUT2D eigenvalue weighted by molar-refractivity contribution is 9.10. The van der Waals surface area contributed by atoms with Crippen LogP contribution >= 0.6 is 15.9 Å². The van der Waals surface area contributed by atoms with E-state index in [4.69, 9.17) is 0 Å². The van der Waals surface area contributed by atoms with Gasteiger partial charge in [0.05, 0.1) is 0 Å². The minimum atomic E-state index is -0.802. The molecule has 1 fully saturated rings. The Morgan fingerprint density at radius 2 is 1.78 bits per heavy atom. The first-order valence-corrected chi connectivity index (χ1v) is 6.57. The van der Waals surface area contributed by atoms with Gasteiger partial charge in [0, 0.05) is 10.5 Å². The molecule has 0 aliphatic heterocycles. The average Bonchev–Trinajstić information content (AvgIpc) is 2.76. The van der Waals surface area contributed by atoms with E-state index in [0.29, 0.717) is 4.47 Å². The first-order chi connectivity index (χ1) is 8.56. The van der Waals surface area contributed by atoms with Gasteiger partial charge in [-0.1, -0.05) is 28.8 Å². The normalized spacial score (nSPS) is 15.7. The van der Waals surface area contributed by atoms with E-state index < -0.39 is 23.4 Å². The quantitative estimate of drug-likeness (QED) is 0.855. The molecule has 0 aromatic heterocycles. The summed E-state index contributed by atoms with van der Waals surface area (Å²) in [7, 11) is 0. The number of anilines is 1. The van der Waals surface area contributed by atoms with Crippen LogP contribution in [0.4, 0.5) is 19.3 Å². The first kappa shape index (κ1) is 13.3. The van der Waals surface area contributed by atoms with Gasteiger partial charge in [0.25, 0.3) is 0 Å². The van der Waals surface area contributed by atoms with Gasteiger partial charge in [0.2, 0.25) is 0 Å². The summed E-state index contributed by atoms with van der Waals surface area (Å²) in [6.45, 7) is 0. The molecule has 0 radical (unpaired) electrons. The van der Waals surface area contributed by atoms with E-state index in [1.807, 2.05) is 0 Å². The molecule has 0 saturated heterocycles. The zero-order chi connectivity index (χ0) is 13.1. The van der Waals surface area contributed by atoms with Crippen LogP contribution in [-0.2, 0) is 0 Å². The third-order valence-corrected chi connectivity index (χ3v) is 3.39. The summed E-state index contributed by atoms with van der Waals surface area (Å²) in [5, 5.41) is 4.91. The van der Waals surface area contributed by atoms with Crippen LogP contribution in [0.5, 0.6) is 0 Å². The number of carbonyl (C=O) groups excluding carboxylic acids is 1. The van der Waals surface area contributed by atoms with Crippen molar-refractivity contribution in [3.05, 3.63) is 28.2 Å². The lowest BCUT2D eigenvalue weighted by Crippen LogP contribution is -2.36. The molecule has 1 aliphatic carbocycles. The molecule has 0 bridgehead atoms. The van der Waals surface area contributed by atoms with E-state index in [9.17, 15) is 13.6 Å². The molecule has 6 heteroatoms. The number of benzene rings is 1. The number of carbonyl (C=O) groups is 1. The molecule has 2 N–H and O–H groups in total. The Balaban J connectivity index is 2.02. The van der Waals surface area contributed by atoms with E-state index >= 15 is 0 Å². The summed E-state index contributed by atoms with van der Waals surface area (Å²) >= 11 is 2.98. The average molecular weight is 319 g/mol. The van der Waals surface area contributed by atoms with Gasteiger partial charge in [0.1, 0.15) is 5.69 Å². The summed E-state index contributed by atoms with van der Waals surface area (Å²) in [6, 6.07) is 1.75. The van der Waals surface area contributed by atoms with Crippen molar-refractivity contribution in [1.29, 1.82) is 0 Å². The maximum absolute atomic E-state index is 13.5. The van der Waals surface area contributed by atoms with Crippen molar-refractivity contribution >= 4 is 27.6 Å². The van der Waals surface area contributed by atoms with Gasteiger partial charge < -0.3 is 10.6 Å². The van der Waals surface area contributed by atoms with Crippen molar-refractivity contribution in [2.45, 2.75) is 31.7 Å². The maximum atomic E-state index is 13.5. The highest BCUT2D eigenvalue weighted by atomic mass is 79.9. The minimum absolute atomic E-state index is 0.103. The largest absolute Gasteiger partial charge is 0.335 e. The Morgan fingerprint density at radius 1 is 1.22 bits per heavy atom. The van der Waals surface area contributed by atoms with Crippen LogP contribution in [0.3, 0.4) is 0 Å². The van der Waals surface area contributed by atoms with Crippen LogP contribution in [0.2, 0.25) is 0 Å². The van der Waals surface area contributed by atoms with Crippen LogP contribution < -0.4 is 10.6 Å². The molecule has 1 saturated carbocycles. The summed E-state index contributed by atoms with van der Waals surface area (Å²) in [5.74, 6) is -1.60. The molecule has 0 heterocycles. The zero-order valence-corrected chi connectivity index (χ0v) is 11.2. The Labute approximate surface area is 112 Å². The monoisotopic (exact) mass is 318 g/mol. The number of urea groups is 1. The van der Waals surface area contributed by atoms with Gasteiger partial charge in [-0.3, -0.25) is 0 Å². The molecule has 0 spiro atoms. The van der Waals surface area contributed by atoms with E-state index in [0.717, 1.165) is 37.8 Å². The zero-order valence-electron chi connectivity index (χ0n) is 9.60. The van der Waals surface area contributed by atoms with Gasteiger partial charge in [0.15, 0.2) is 11.6 Å². The SMILES string of the molecule is O=C(Nc1c(F)cc(Br)cc1F)NC1CCCC1. The van der Waals surface area contributed by atoms with Crippen molar-refractivity contribution in [3.8, 4) is 0 Å². The van der Waals surface area contributed by atoms with Crippen molar-refractivity contribution < 1.29 is 13.6 Å². The van der Waals surface area contributed by atoms with Crippen molar-refractivity contribution in [1.82, 2.24) is 5.32 Å². The molecule has 0 atom stereocenters. The van der Waals surface area contributed by atoms with Crippen LogP contribution in [0, 0.1) is 11.6 Å². The number of halogens is 3. The van der Waals surface area contributed by atoms with Gasteiger partial charge >= 0.3 is 6.03 Å². The van der Waals surface area contributed by atoms with Crippen molar-refractivity contribution in [2.24, 2.45) is 0 Å². The summed E-state index contributed by atoms with van der Waals surface area (Å²) in [5.41, 5.74) is -0.423. The standard InChI is InChI=1S/C12H13BrF2N2O/c13-7-5-9(14)11(10(15)6-7)17-12(18)16-8-3-1-2-4-8/h5-6,8H,1-4H2,(H2,16,17,18). The second-order valence-corrected chi connectivity index (χ2v) is 5.24. The van der Waals surface area contributed by atoms with Crippen molar-refractivity contribution in [3.63, 3.8) is 0 Å². The number of hydrogen-bond acceptors (Lipinski definition) is 1. The van der Waals surface area contributed by atoms with Gasteiger partial charge in [-0.25, -0.2) is 13.6 Å². The molecule has 3 nitrogen and oxygen atoms in total. The smallest absolute Gasteiger partial charge is 0.319 e. The first-order valence-electron chi connectivity index (χ1n) is 5.78. The van der Waals surface area contributed by atoms with Crippen molar-refractivity contribution in [2.75, 3.05) is 5.32 Å². The number of amides is 2. The fourth-order valence-electron chi connectivity index (χ4n) is 2.07. The topological polar surface area (TPSA) is 41.1 Å². The van der Waals surface area contributed by atoms with Crippen LogP contribution in [0.25, 0.3) is 0 Å². The fourth-order valence-corrected chi connectivity index (χ4v) is 2.47. The minimum Gasteiger partial charge on any atom is -0.335 e. The number of hydrogen-bond donors (Lipinski definition) is 2. The predicted octanol–water partition coefficient (Wildman–Crippen LogP) is 3.79. The molecule has 98 valence electrons. The summed E-state index contributed by atoms with van der Waals surface area (Å²) in [6.07, 6.45) is 3.98. The Hall–Kier alpha value is -1.17. The lowest BCUT2D eigenvalue weighted by atomic mass is 10.2. The predicted molar refractivity (Wildman–Crippen MR) is 68.5 cm³/mol. The maximum Gasteiger partial charge on any atom is 0.319 e. The molecular formula is C12H13BrF2N2O. The van der Waals surface area contributed by atoms with E-state index in [2.05, 4.69) is 26.6 Å². The Bertz CT molecular complexity index is 438. The number of rotatable bonds is 2. The Morgan fingerprint density at radius 3 is 2.33 bits per heavy atom. The van der Waals surface area contributed by atoms with Crippen LogP contribution in [-0.4, -0.2) is 12.1 Å². The molecule has 1 aromatic carbocycles. The second-order valence-electron chi connectivity index (χ2n) is 4.32. The van der Waals surface area contributed by atoms with E-state index in [1.165, 1.54) is 0 Å². The highest BCUT2D eigenvalue weighted by Gasteiger charge is 2.19. The van der Waals surface area contributed by atoms with Gasteiger partial charge in [-0.2, -0.15) is 0 Å². The molecular weight excluding hydrogens is 306 g/mol. The molecule has 2 amide bonds. The van der Waals surface area contributed by atoms with E-state index in [-0.39, 0.29) is 6.04 Å². The molecule has 2 rings (SSSR count). The van der Waals surface area contributed by atoms with Crippen LogP contribution in [0.1, 0.15) is 25.7 Å². The van der Waals surface area contributed by atoms with E-state index in [1.54, 1.807) is 0 Å². The summed E-state index contributed by atoms with van der Waals surface area (Å²) in [4.78, 5) is 11.6. The summed E-state index contributed by atoms with van der Waals surface area (Å²) < 4.78 is 27.2. The molecule has 1 aliphatic rings. The fraction of sp³-hybridized carbons (Fsp3) is 0.417. The molecule has 0 unspecified atom stereocenters. The lowest BCUT2D eigenvalue weighted by molar-refractivity contribution is 0.248. The van der Waals surface area contributed by atoms with Gasteiger partial charge in [-0.15, -0.1) is 0 Å². The third-order valence-electron chi connectivity index (χ3n) is 2.94. The highest BCUT2D eigenvalue weighted by Crippen LogP contribution is 2.24.